The minimum Gasteiger partial charge on any atom is -0.122 e. The lowest BCUT2D eigenvalue weighted by molar-refractivity contribution is 1.03. The molecule has 0 N–H and O–H groups in total. The second kappa shape index (κ2) is 4.15. The average molecular weight is 247 g/mol. The Balaban J connectivity index is 2.12. The van der Waals surface area contributed by atoms with Gasteiger partial charge in [0.15, 0.2) is 0 Å². The predicted molar refractivity (Wildman–Crippen MR) is 69.4 cm³/mol. The van der Waals surface area contributed by atoms with E-state index < -0.39 is 0 Å². The zero-order valence-corrected chi connectivity index (χ0v) is 10.3. The van der Waals surface area contributed by atoms with Crippen LogP contribution < -0.4 is 0 Å². The molecule has 1 heterocycles. The molecule has 2 heteroatoms. The standard InChI is InChI=1S/C14H11ClS/c15-9-11-5-3-7-14-12(11)8-10-4-1-2-6-13(10)16-14/h1-7H,8-9H2. The third-order valence-corrected chi connectivity index (χ3v) is 4.44. The van der Waals surface area contributed by atoms with E-state index >= 15 is 0 Å². The molecule has 0 fully saturated rings. The maximum Gasteiger partial charge on any atom is 0.0477 e. The molecule has 0 saturated carbocycles. The van der Waals surface area contributed by atoms with Crippen LogP contribution >= 0.6 is 23.4 Å². The molecule has 0 nitrogen and oxygen atoms in total. The molecule has 2 aromatic rings. The van der Waals surface area contributed by atoms with Gasteiger partial charge in [-0.25, -0.2) is 0 Å². The molecule has 0 radical (unpaired) electrons. The van der Waals surface area contributed by atoms with Crippen LogP contribution in [0, 0.1) is 0 Å². The zero-order chi connectivity index (χ0) is 11.0. The number of rotatable bonds is 1. The molecule has 80 valence electrons. The van der Waals surface area contributed by atoms with Crippen LogP contribution in [0.3, 0.4) is 0 Å². The van der Waals surface area contributed by atoms with Crippen LogP contribution in [0.25, 0.3) is 0 Å². The number of hydrogen-bond donors (Lipinski definition) is 0. The minimum atomic E-state index is 0.603. The number of alkyl halides is 1. The summed E-state index contributed by atoms with van der Waals surface area (Å²) in [7, 11) is 0. The first-order valence-corrected chi connectivity index (χ1v) is 6.66. The predicted octanol–water partition coefficient (Wildman–Crippen LogP) is 4.48. The van der Waals surface area contributed by atoms with E-state index in [2.05, 4.69) is 42.5 Å². The molecule has 16 heavy (non-hydrogen) atoms. The number of fused-ring (bicyclic) bond motifs is 2. The van der Waals surface area contributed by atoms with Gasteiger partial charge in [-0.1, -0.05) is 42.1 Å². The van der Waals surface area contributed by atoms with Crippen molar-refractivity contribution in [3.8, 4) is 0 Å². The first kappa shape index (κ1) is 10.2. The lowest BCUT2D eigenvalue weighted by Crippen LogP contribution is -2.02. The molecule has 0 atom stereocenters. The summed E-state index contributed by atoms with van der Waals surface area (Å²) in [5, 5.41) is 0. The lowest BCUT2D eigenvalue weighted by atomic mass is 10.00. The molecular weight excluding hydrogens is 236 g/mol. The summed E-state index contributed by atoms with van der Waals surface area (Å²) in [4.78, 5) is 2.73. The highest BCUT2D eigenvalue weighted by molar-refractivity contribution is 7.99. The van der Waals surface area contributed by atoms with Crippen LogP contribution in [0.2, 0.25) is 0 Å². The minimum absolute atomic E-state index is 0.603. The van der Waals surface area contributed by atoms with E-state index in [9.17, 15) is 0 Å². The van der Waals surface area contributed by atoms with Gasteiger partial charge in [0.25, 0.3) is 0 Å². The summed E-state index contributed by atoms with van der Waals surface area (Å²) >= 11 is 7.84. The summed E-state index contributed by atoms with van der Waals surface area (Å²) in [5.41, 5.74) is 4.08. The van der Waals surface area contributed by atoms with Crippen LogP contribution in [-0.4, -0.2) is 0 Å². The first-order chi connectivity index (χ1) is 7.88. The molecule has 0 saturated heterocycles. The highest BCUT2D eigenvalue weighted by Gasteiger charge is 2.17. The van der Waals surface area contributed by atoms with Gasteiger partial charge in [0, 0.05) is 15.7 Å². The molecular formula is C14H11ClS. The third-order valence-electron chi connectivity index (χ3n) is 2.93. The molecule has 1 aliphatic heterocycles. The van der Waals surface area contributed by atoms with Crippen molar-refractivity contribution < 1.29 is 0 Å². The maximum atomic E-state index is 5.98. The fourth-order valence-corrected chi connectivity index (χ4v) is 3.47. The fourth-order valence-electron chi connectivity index (χ4n) is 2.09. The van der Waals surface area contributed by atoms with E-state index in [1.807, 2.05) is 11.8 Å². The van der Waals surface area contributed by atoms with E-state index in [4.69, 9.17) is 11.6 Å². The summed E-state index contributed by atoms with van der Waals surface area (Å²) in [6, 6.07) is 15.0. The Morgan fingerprint density at radius 3 is 2.69 bits per heavy atom. The quantitative estimate of drug-likeness (QED) is 0.571. The molecule has 1 aliphatic rings. The van der Waals surface area contributed by atoms with E-state index in [1.54, 1.807) is 0 Å². The fraction of sp³-hybridized carbons (Fsp3) is 0.143. The Kier molecular flexibility index (Phi) is 2.66. The SMILES string of the molecule is ClCc1cccc2c1Cc1ccccc1S2. The van der Waals surface area contributed by atoms with Crippen LogP contribution in [-0.2, 0) is 12.3 Å². The average Bonchev–Trinajstić information content (AvgIpc) is 2.35. The van der Waals surface area contributed by atoms with E-state index in [1.165, 1.54) is 26.5 Å². The first-order valence-electron chi connectivity index (χ1n) is 5.31. The lowest BCUT2D eigenvalue weighted by Gasteiger charge is -2.20. The van der Waals surface area contributed by atoms with Gasteiger partial charge < -0.3 is 0 Å². The largest absolute Gasteiger partial charge is 0.122 e. The van der Waals surface area contributed by atoms with E-state index in [-0.39, 0.29) is 0 Å². The number of halogens is 1. The van der Waals surface area contributed by atoms with Crippen molar-refractivity contribution in [1.82, 2.24) is 0 Å². The van der Waals surface area contributed by atoms with Gasteiger partial charge in [-0.2, -0.15) is 0 Å². The summed E-state index contributed by atoms with van der Waals surface area (Å²) in [6.45, 7) is 0. The number of benzene rings is 2. The molecule has 3 rings (SSSR count). The van der Waals surface area contributed by atoms with Crippen LogP contribution in [0.5, 0.6) is 0 Å². The van der Waals surface area contributed by atoms with Crippen molar-refractivity contribution in [2.45, 2.75) is 22.1 Å². The van der Waals surface area contributed by atoms with Crippen LogP contribution in [0.1, 0.15) is 16.7 Å². The van der Waals surface area contributed by atoms with Crippen LogP contribution in [0.15, 0.2) is 52.3 Å². The Bertz CT molecular complexity index is 534. The molecule has 0 amide bonds. The van der Waals surface area contributed by atoms with Crippen molar-refractivity contribution in [3.63, 3.8) is 0 Å². The van der Waals surface area contributed by atoms with Gasteiger partial charge >= 0.3 is 0 Å². The summed E-state index contributed by atoms with van der Waals surface area (Å²) < 4.78 is 0. The van der Waals surface area contributed by atoms with Crippen molar-refractivity contribution in [3.05, 3.63) is 59.2 Å². The van der Waals surface area contributed by atoms with Gasteiger partial charge in [0.2, 0.25) is 0 Å². The Labute approximate surface area is 105 Å². The second-order valence-corrected chi connectivity index (χ2v) is 5.27. The molecule has 0 aromatic heterocycles. The molecule has 0 aliphatic carbocycles. The van der Waals surface area contributed by atoms with Crippen molar-refractivity contribution in [1.29, 1.82) is 0 Å². The summed E-state index contributed by atoms with van der Waals surface area (Å²) in [5.74, 6) is 0.603. The molecule has 0 bridgehead atoms. The Morgan fingerprint density at radius 2 is 1.81 bits per heavy atom. The molecule has 0 spiro atoms. The zero-order valence-electron chi connectivity index (χ0n) is 8.74. The highest BCUT2D eigenvalue weighted by atomic mass is 35.5. The molecule has 0 unspecified atom stereocenters. The van der Waals surface area contributed by atoms with Gasteiger partial charge in [-0.15, -0.1) is 11.6 Å². The van der Waals surface area contributed by atoms with Gasteiger partial charge in [-0.3, -0.25) is 0 Å². The van der Waals surface area contributed by atoms with Crippen LogP contribution in [0.4, 0.5) is 0 Å². The second-order valence-electron chi connectivity index (χ2n) is 3.91. The van der Waals surface area contributed by atoms with E-state index in [0.29, 0.717) is 5.88 Å². The topological polar surface area (TPSA) is 0 Å². The Hall–Kier alpha value is -0.920. The highest BCUT2D eigenvalue weighted by Crippen LogP contribution is 2.40. The monoisotopic (exact) mass is 246 g/mol. The smallest absolute Gasteiger partial charge is 0.0477 e. The van der Waals surface area contributed by atoms with Gasteiger partial charge in [0.05, 0.1) is 0 Å². The van der Waals surface area contributed by atoms with Gasteiger partial charge in [-0.05, 0) is 35.2 Å². The van der Waals surface area contributed by atoms with Crippen molar-refractivity contribution in [2.24, 2.45) is 0 Å². The van der Waals surface area contributed by atoms with Crippen molar-refractivity contribution in [2.75, 3.05) is 0 Å². The normalized spacial score (nSPS) is 13.1. The molecule has 2 aromatic carbocycles. The number of hydrogen-bond acceptors (Lipinski definition) is 1. The summed E-state index contributed by atoms with van der Waals surface area (Å²) in [6.07, 6.45) is 1.02. The maximum absolute atomic E-state index is 5.98. The van der Waals surface area contributed by atoms with E-state index in [0.717, 1.165) is 6.42 Å². The third kappa shape index (κ3) is 1.64. The van der Waals surface area contributed by atoms with Gasteiger partial charge in [0.1, 0.15) is 0 Å². The van der Waals surface area contributed by atoms with Crippen molar-refractivity contribution >= 4 is 23.4 Å². The Morgan fingerprint density at radius 1 is 1.00 bits per heavy atom.